The number of carbonyl (C=O) groups is 2. The number of ether oxygens (including phenoxy) is 1. The number of benzene rings is 2. The molecule has 168 valence electrons. The van der Waals surface area contributed by atoms with Gasteiger partial charge in [-0.1, -0.05) is 41.6 Å². The van der Waals surface area contributed by atoms with Gasteiger partial charge in [-0.3, -0.25) is 9.59 Å². The first-order chi connectivity index (χ1) is 15.4. The van der Waals surface area contributed by atoms with Crippen LogP contribution in [0.3, 0.4) is 0 Å². The number of hydrogen-bond donors (Lipinski definition) is 2. The van der Waals surface area contributed by atoms with Gasteiger partial charge < -0.3 is 19.9 Å². The minimum atomic E-state index is -0.236. The van der Waals surface area contributed by atoms with E-state index < -0.39 is 0 Å². The van der Waals surface area contributed by atoms with Crippen LogP contribution < -0.4 is 15.4 Å². The number of amides is 2. The Morgan fingerprint density at radius 1 is 1.09 bits per heavy atom. The second-order valence-electron chi connectivity index (χ2n) is 6.86. The molecule has 2 amide bonds. The minimum absolute atomic E-state index is 0.0850. The number of carbonyl (C=O) groups excluding carboxylic acids is 2. The Balaban J connectivity index is 1.61. The number of para-hydroxylation sites is 1. The maximum Gasteiger partial charge on any atom is 0.234 e. The third kappa shape index (κ3) is 6.02. The van der Waals surface area contributed by atoms with Crippen molar-refractivity contribution in [3.8, 4) is 5.75 Å². The monoisotopic (exact) mass is 473 g/mol. The molecule has 10 heteroatoms. The van der Waals surface area contributed by atoms with Crippen molar-refractivity contribution in [2.45, 2.75) is 32.0 Å². The van der Waals surface area contributed by atoms with E-state index in [2.05, 4.69) is 20.8 Å². The summed E-state index contributed by atoms with van der Waals surface area (Å²) in [5.41, 5.74) is 2.25. The van der Waals surface area contributed by atoms with Crippen molar-refractivity contribution >= 4 is 46.6 Å². The van der Waals surface area contributed by atoms with Crippen molar-refractivity contribution in [1.82, 2.24) is 14.8 Å². The standard InChI is InChI=1S/C22H24ClN5O3S/c1-4-28-19(12-20(29)24-16-8-6-5-7-14(16)2)26-27-22(28)32-13-21(30)25-17-11-15(23)9-10-18(17)31-3/h5-11H,4,12-13H2,1-3H3,(H,24,29)(H,25,30). The van der Waals surface area contributed by atoms with Crippen LogP contribution >= 0.6 is 23.4 Å². The second kappa shape index (κ2) is 11.0. The third-order valence-electron chi connectivity index (χ3n) is 4.62. The molecule has 1 aromatic heterocycles. The molecule has 0 saturated carbocycles. The summed E-state index contributed by atoms with van der Waals surface area (Å²) >= 11 is 7.25. The molecular formula is C22H24ClN5O3S. The first-order valence-electron chi connectivity index (χ1n) is 9.95. The number of nitrogens with one attached hydrogen (secondary N) is 2. The van der Waals surface area contributed by atoms with Crippen LogP contribution in [0.5, 0.6) is 5.75 Å². The maximum atomic E-state index is 12.5. The highest BCUT2D eigenvalue weighted by Gasteiger charge is 2.17. The topological polar surface area (TPSA) is 98.1 Å². The lowest BCUT2D eigenvalue weighted by Crippen LogP contribution is -2.18. The lowest BCUT2D eigenvalue weighted by atomic mass is 10.2. The summed E-state index contributed by atoms with van der Waals surface area (Å²) in [6.45, 7) is 4.45. The lowest BCUT2D eigenvalue weighted by Gasteiger charge is -2.11. The molecule has 8 nitrogen and oxygen atoms in total. The molecule has 0 bridgehead atoms. The largest absolute Gasteiger partial charge is 0.495 e. The van der Waals surface area contributed by atoms with Crippen molar-refractivity contribution in [3.63, 3.8) is 0 Å². The van der Waals surface area contributed by atoms with Crippen LogP contribution in [-0.4, -0.2) is 39.4 Å². The molecule has 3 rings (SSSR count). The molecule has 0 aliphatic rings. The van der Waals surface area contributed by atoms with Gasteiger partial charge in [0.15, 0.2) is 5.16 Å². The number of aromatic nitrogens is 3. The van der Waals surface area contributed by atoms with Gasteiger partial charge in [0.05, 0.1) is 25.0 Å². The summed E-state index contributed by atoms with van der Waals surface area (Å²) in [5, 5.41) is 15.1. The summed E-state index contributed by atoms with van der Waals surface area (Å²) in [7, 11) is 1.52. The highest BCUT2D eigenvalue weighted by molar-refractivity contribution is 7.99. The van der Waals surface area contributed by atoms with Crippen LogP contribution in [0.25, 0.3) is 0 Å². The Morgan fingerprint density at radius 2 is 1.84 bits per heavy atom. The van der Waals surface area contributed by atoms with E-state index in [4.69, 9.17) is 16.3 Å². The number of thioether (sulfide) groups is 1. The predicted octanol–water partition coefficient (Wildman–Crippen LogP) is 4.18. The van der Waals surface area contributed by atoms with Gasteiger partial charge in [0.2, 0.25) is 11.8 Å². The normalized spacial score (nSPS) is 10.6. The third-order valence-corrected chi connectivity index (χ3v) is 5.82. The van der Waals surface area contributed by atoms with Gasteiger partial charge >= 0.3 is 0 Å². The Hall–Kier alpha value is -3.04. The Labute approximate surface area is 195 Å². The maximum absolute atomic E-state index is 12.5. The summed E-state index contributed by atoms with van der Waals surface area (Å²) in [6, 6.07) is 12.6. The van der Waals surface area contributed by atoms with Gasteiger partial charge in [0.25, 0.3) is 0 Å². The van der Waals surface area contributed by atoms with Gasteiger partial charge in [-0.15, -0.1) is 10.2 Å². The van der Waals surface area contributed by atoms with E-state index in [-0.39, 0.29) is 24.0 Å². The van der Waals surface area contributed by atoms with Gasteiger partial charge in [-0.05, 0) is 43.7 Å². The second-order valence-corrected chi connectivity index (χ2v) is 8.24. The lowest BCUT2D eigenvalue weighted by molar-refractivity contribution is -0.116. The smallest absolute Gasteiger partial charge is 0.234 e. The zero-order valence-electron chi connectivity index (χ0n) is 18.0. The first kappa shape index (κ1) is 23.6. The molecular weight excluding hydrogens is 450 g/mol. The Morgan fingerprint density at radius 3 is 2.56 bits per heavy atom. The Kier molecular flexibility index (Phi) is 8.13. The molecule has 0 spiro atoms. The van der Waals surface area contributed by atoms with E-state index in [0.717, 1.165) is 11.3 Å². The van der Waals surface area contributed by atoms with Crippen molar-refractivity contribution < 1.29 is 14.3 Å². The Bertz CT molecular complexity index is 1120. The molecule has 0 aliphatic heterocycles. The van der Waals surface area contributed by atoms with Crippen LogP contribution in [0.2, 0.25) is 5.02 Å². The van der Waals surface area contributed by atoms with Crippen molar-refractivity contribution in [1.29, 1.82) is 0 Å². The molecule has 2 N–H and O–H groups in total. The van der Waals surface area contributed by atoms with E-state index in [9.17, 15) is 9.59 Å². The quantitative estimate of drug-likeness (QED) is 0.452. The predicted molar refractivity (Wildman–Crippen MR) is 127 cm³/mol. The van der Waals surface area contributed by atoms with Crippen molar-refractivity contribution in [3.05, 3.63) is 58.9 Å². The number of rotatable bonds is 9. The average molecular weight is 474 g/mol. The summed E-state index contributed by atoms with van der Waals surface area (Å²) < 4.78 is 7.07. The minimum Gasteiger partial charge on any atom is -0.495 e. The number of hydrogen-bond acceptors (Lipinski definition) is 6. The highest BCUT2D eigenvalue weighted by atomic mass is 35.5. The van der Waals surface area contributed by atoms with Gasteiger partial charge in [-0.2, -0.15) is 0 Å². The summed E-state index contributed by atoms with van der Waals surface area (Å²) in [5.74, 6) is 0.761. The number of aryl methyl sites for hydroxylation is 1. The fourth-order valence-corrected chi connectivity index (χ4v) is 4.01. The molecule has 32 heavy (non-hydrogen) atoms. The number of anilines is 2. The van der Waals surface area contributed by atoms with Crippen LogP contribution in [0.1, 0.15) is 18.3 Å². The van der Waals surface area contributed by atoms with E-state index in [0.29, 0.717) is 34.0 Å². The van der Waals surface area contributed by atoms with E-state index >= 15 is 0 Å². The average Bonchev–Trinajstić information content (AvgIpc) is 3.15. The summed E-state index contributed by atoms with van der Waals surface area (Å²) in [4.78, 5) is 24.9. The number of halogens is 1. The number of methoxy groups -OCH3 is 1. The van der Waals surface area contributed by atoms with Crippen LogP contribution in [-0.2, 0) is 22.6 Å². The van der Waals surface area contributed by atoms with Crippen LogP contribution in [0.4, 0.5) is 11.4 Å². The molecule has 2 aromatic carbocycles. The molecule has 1 heterocycles. The fraction of sp³-hybridized carbons (Fsp3) is 0.273. The van der Waals surface area contributed by atoms with Crippen LogP contribution in [0.15, 0.2) is 47.6 Å². The van der Waals surface area contributed by atoms with Gasteiger partial charge in [-0.25, -0.2) is 0 Å². The van der Waals surface area contributed by atoms with Crippen LogP contribution in [0, 0.1) is 6.92 Å². The molecule has 0 atom stereocenters. The number of nitrogens with zero attached hydrogens (tertiary/aromatic N) is 3. The zero-order chi connectivity index (χ0) is 23.1. The van der Waals surface area contributed by atoms with Gasteiger partial charge in [0.1, 0.15) is 11.6 Å². The van der Waals surface area contributed by atoms with Crippen molar-refractivity contribution in [2.75, 3.05) is 23.5 Å². The zero-order valence-corrected chi connectivity index (χ0v) is 19.6. The molecule has 0 radical (unpaired) electrons. The SMILES string of the molecule is CCn1c(CC(=O)Nc2ccccc2C)nnc1SCC(=O)Nc1cc(Cl)ccc1OC. The molecule has 3 aromatic rings. The molecule has 0 saturated heterocycles. The van der Waals surface area contributed by atoms with E-state index in [1.54, 1.807) is 18.2 Å². The molecule has 0 aliphatic carbocycles. The van der Waals surface area contributed by atoms with Crippen molar-refractivity contribution in [2.24, 2.45) is 0 Å². The first-order valence-corrected chi connectivity index (χ1v) is 11.3. The molecule has 0 unspecified atom stereocenters. The summed E-state index contributed by atoms with van der Waals surface area (Å²) in [6.07, 6.45) is 0.0850. The highest BCUT2D eigenvalue weighted by Crippen LogP contribution is 2.28. The molecule has 0 fully saturated rings. The van der Waals surface area contributed by atoms with Gasteiger partial charge in [0, 0.05) is 17.3 Å². The van der Waals surface area contributed by atoms with E-state index in [1.807, 2.05) is 42.7 Å². The fourth-order valence-electron chi connectivity index (χ4n) is 3.02. The van der Waals surface area contributed by atoms with E-state index in [1.165, 1.54) is 18.9 Å².